The molecule has 5 nitrogen and oxygen atoms in total. The number of hydrogen-bond donors (Lipinski definition) is 2. The largest absolute Gasteiger partial charge is 0.345 e. The summed E-state index contributed by atoms with van der Waals surface area (Å²) in [4.78, 5) is 16.3. The third-order valence-corrected chi connectivity index (χ3v) is 4.03. The highest BCUT2D eigenvalue weighted by atomic mass is 127. The predicted octanol–water partition coefficient (Wildman–Crippen LogP) is 4.22. The molecule has 0 fully saturated rings. The summed E-state index contributed by atoms with van der Waals surface area (Å²) < 4.78 is 1.93. The Morgan fingerprint density at radius 2 is 2.17 bits per heavy atom. The third-order valence-electron chi connectivity index (χ3n) is 2.89. The van der Waals surface area contributed by atoms with Gasteiger partial charge in [0.2, 0.25) is 0 Å². The molecule has 0 aliphatic carbocycles. The van der Waals surface area contributed by atoms with Crippen LogP contribution in [0.15, 0.2) is 52.8 Å². The molecule has 1 aromatic carbocycles. The van der Waals surface area contributed by atoms with Crippen LogP contribution in [0.4, 0.5) is 11.5 Å². The minimum Gasteiger partial charge on any atom is -0.345 e. The summed E-state index contributed by atoms with van der Waals surface area (Å²) >= 11 is 5.49. The van der Waals surface area contributed by atoms with Crippen LogP contribution in [-0.2, 0) is 4.79 Å². The fourth-order valence-corrected chi connectivity index (χ4v) is 2.59. The molecule has 2 rings (SSSR count). The minimum absolute atomic E-state index is 0.0346. The van der Waals surface area contributed by atoms with Gasteiger partial charge in [0.15, 0.2) is 0 Å². The van der Waals surface area contributed by atoms with Crippen molar-refractivity contribution in [2.24, 2.45) is 0 Å². The molecule has 0 saturated heterocycles. The molecule has 0 aliphatic rings. The summed E-state index contributed by atoms with van der Waals surface area (Å²) in [6.07, 6.45) is 2.96. The van der Waals surface area contributed by atoms with Crippen LogP contribution in [0.2, 0.25) is 0 Å². The van der Waals surface area contributed by atoms with Crippen LogP contribution in [0, 0.1) is 21.8 Å². The Morgan fingerprint density at radius 1 is 1.39 bits per heavy atom. The Balaban J connectivity index is 2.10. The zero-order chi connectivity index (χ0) is 16.8. The molecule has 7 heteroatoms. The highest BCUT2D eigenvalue weighted by molar-refractivity contribution is 14.1. The van der Waals surface area contributed by atoms with Gasteiger partial charge in [0, 0.05) is 26.1 Å². The van der Waals surface area contributed by atoms with Gasteiger partial charge < -0.3 is 10.6 Å². The molecule has 0 spiro atoms. The molecule has 0 bridgehead atoms. The first-order valence-corrected chi connectivity index (χ1v) is 8.42. The van der Waals surface area contributed by atoms with Gasteiger partial charge >= 0.3 is 0 Å². The number of nitrogens with zero attached hydrogens (tertiary/aromatic N) is 2. The van der Waals surface area contributed by atoms with E-state index in [-0.39, 0.29) is 5.57 Å². The lowest BCUT2D eigenvalue weighted by atomic mass is 10.2. The number of aryl methyl sites for hydroxylation is 1. The maximum atomic E-state index is 12.2. The van der Waals surface area contributed by atoms with Crippen LogP contribution in [-0.4, -0.2) is 10.9 Å². The highest BCUT2D eigenvalue weighted by Gasteiger charge is 2.10. The van der Waals surface area contributed by atoms with Gasteiger partial charge in [0.25, 0.3) is 5.91 Å². The number of halogens is 2. The normalized spacial score (nSPS) is 10.8. The summed E-state index contributed by atoms with van der Waals surface area (Å²) in [5.41, 5.74) is 1.58. The topological polar surface area (TPSA) is 77.8 Å². The van der Waals surface area contributed by atoms with Gasteiger partial charge in [-0.1, -0.05) is 0 Å². The van der Waals surface area contributed by atoms with E-state index in [0.29, 0.717) is 11.5 Å². The van der Waals surface area contributed by atoms with E-state index in [2.05, 4.69) is 54.1 Å². The fourth-order valence-electron chi connectivity index (χ4n) is 1.71. The van der Waals surface area contributed by atoms with Crippen LogP contribution in [0.3, 0.4) is 0 Å². The molecule has 116 valence electrons. The van der Waals surface area contributed by atoms with E-state index in [9.17, 15) is 4.79 Å². The SMILES string of the molecule is Cc1cc(I)ccc1NC(=O)/C(C#N)=C\Nc1ccc(Br)cn1. The zero-order valence-electron chi connectivity index (χ0n) is 12.1. The minimum atomic E-state index is -0.471. The summed E-state index contributed by atoms with van der Waals surface area (Å²) in [6, 6.07) is 11.1. The van der Waals surface area contributed by atoms with Gasteiger partial charge in [-0.25, -0.2) is 4.98 Å². The van der Waals surface area contributed by atoms with Crippen molar-refractivity contribution in [2.45, 2.75) is 6.92 Å². The fraction of sp³-hybridized carbons (Fsp3) is 0.0625. The van der Waals surface area contributed by atoms with E-state index in [1.807, 2.05) is 37.3 Å². The Morgan fingerprint density at radius 3 is 2.78 bits per heavy atom. The highest BCUT2D eigenvalue weighted by Crippen LogP contribution is 2.18. The first-order valence-electron chi connectivity index (χ1n) is 6.55. The van der Waals surface area contributed by atoms with Crippen molar-refractivity contribution in [3.8, 4) is 6.07 Å². The van der Waals surface area contributed by atoms with E-state index in [1.165, 1.54) is 6.20 Å². The van der Waals surface area contributed by atoms with E-state index in [1.54, 1.807) is 12.3 Å². The number of carbonyl (C=O) groups is 1. The van der Waals surface area contributed by atoms with Crippen molar-refractivity contribution in [1.29, 1.82) is 5.26 Å². The lowest BCUT2D eigenvalue weighted by molar-refractivity contribution is -0.112. The lowest BCUT2D eigenvalue weighted by Gasteiger charge is -2.08. The second-order valence-electron chi connectivity index (χ2n) is 4.59. The molecule has 0 aliphatic heterocycles. The number of amides is 1. The molecular formula is C16H12BrIN4O. The number of hydrogen-bond acceptors (Lipinski definition) is 4. The van der Waals surface area contributed by atoms with Crippen LogP contribution in [0.25, 0.3) is 0 Å². The van der Waals surface area contributed by atoms with Gasteiger partial charge in [-0.15, -0.1) is 0 Å². The average molecular weight is 483 g/mol. The van der Waals surface area contributed by atoms with Gasteiger partial charge in [-0.05, 0) is 81.3 Å². The van der Waals surface area contributed by atoms with Crippen molar-refractivity contribution >= 4 is 55.9 Å². The number of nitrogens with one attached hydrogen (secondary N) is 2. The van der Waals surface area contributed by atoms with Crippen LogP contribution in [0.1, 0.15) is 5.56 Å². The third kappa shape index (κ3) is 5.04. The Bertz CT molecular complexity index is 797. The number of nitriles is 1. The molecule has 2 N–H and O–H groups in total. The number of carbonyl (C=O) groups excluding carboxylic acids is 1. The van der Waals surface area contributed by atoms with Gasteiger partial charge in [-0.2, -0.15) is 5.26 Å². The van der Waals surface area contributed by atoms with Gasteiger partial charge in [-0.3, -0.25) is 4.79 Å². The Labute approximate surface area is 156 Å². The summed E-state index contributed by atoms with van der Waals surface area (Å²) in [6.45, 7) is 1.90. The van der Waals surface area contributed by atoms with Crippen molar-refractivity contribution in [1.82, 2.24) is 4.98 Å². The van der Waals surface area contributed by atoms with Gasteiger partial charge in [0.1, 0.15) is 17.5 Å². The summed E-state index contributed by atoms with van der Waals surface area (Å²) in [5.74, 6) is 0.0700. The first kappa shape index (κ1) is 17.4. The number of benzene rings is 1. The molecule has 2 aromatic rings. The van der Waals surface area contributed by atoms with E-state index in [4.69, 9.17) is 5.26 Å². The van der Waals surface area contributed by atoms with Crippen molar-refractivity contribution in [3.63, 3.8) is 0 Å². The number of anilines is 2. The van der Waals surface area contributed by atoms with E-state index >= 15 is 0 Å². The molecule has 0 unspecified atom stereocenters. The standard InChI is InChI=1S/C16H12BrIN4O/c1-10-6-13(18)3-4-14(10)22-16(23)11(7-19)8-20-15-5-2-12(17)9-21-15/h2-6,8-9H,1H3,(H,20,21)(H,22,23)/b11-8-. The molecule has 1 heterocycles. The second-order valence-corrected chi connectivity index (χ2v) is 6.75. The van der Waals surface area contributed by atoms with Crippen molar-refractivity contribution in [2.75, 3.05) is 10.6 Å². The zero-order valence-corrected chi connectivity index (χ0v) is 15.8. The summed E-state index contributed by atoms with van der Waals surface area (Å²) in [5, 5.41) is 14.7. The maximum Gasteiger partial charge on any atom is 0.267 e. The Kier molecular flexibility index (Phi) is 6.12. The predicted molar refractivity (Wildman–Crippen MR) is 102 cm³/mol. The van der Waals surface area contributed by atoms with Crippen LogP contribution < -0.4 is 10.6 Å². The average Bonchev–Trinajstić information content (AvgIpc) is 2.52. The lowest BCUT2D eigenvalue weighted by Crippen LogP contribution is -2.15. The van der Waals surface area contributed by atoms with Crippen LogP contribution in [0.5, 0.6) is 0 Å². The maximum absolute atomic E-state index is 12.2. The van der Waals surface area contributed by atoms with Crippen LogP contribution >= 0.6 is 38.5 Å². The number of aromatic nitrogens is 1. The summed E-state index contributed by atoms with van der Waals surface area (Å²) in [7, 11) is 0. The smallest absolute Gasteiger partial charge is 0.267 e. The Hall–Kier alpha value is -1.92. The number of pyridine rings is 1. The van der Waals surface area contributed by atoms with E-state index in [0.717, 1.165) is 13.6 Å². The molecule has 1 amide bonds. The van der Waals surface area contributed by atoms with Crippen molar-refractivity contribution in [3.05, 3.63) is 61.9 Å². The molecular weight excluding hydrogens is 471 g/mol. The van der Waals surface area contributed by atoms with Gasteiger partial charge in [0.05, 0.1) is 0 Å². The molecule has 23 heavy (non-hydrogen) atoms. The molecule has 0 radical (unpaired) electrons. The monoisotopic (exact) mass is 482 g/mol. The first-order chi connectivity index (χ1) is 11.0. The van der Waals surface area contributed by atoms with E-state index < -0.39 is 5.91 Å². The molecule has 0 saturated carbocycles. The molecule has 1 aromatic heterocycles. The molecule has 0 atom stereocenters. The van der Waals surface area contributed by atoms with Crippen molar-refractivity contribution < 1.29 is 4.79 Å². The number of rotatable bonds is 4. The second kappa shape index (κ2) is 8.08. The quantitative estimate of drug-likeness (QED) is 0.388.